The van der Waals surface area contributed by atoms with Gasteiger partial charge < -0.3 is 20.1 Å². The number of para-hydroxylation sites is 1. The third-order valence-electron chi connectivity index (χ3n) is 4.41. The van der Waals surface area contributed by atoms with Gasteiger partial charge in [0.1, 0.15) is 11.7 Å². The van der Waals surface area contributed by atoms with Gasteiger partial charge >= 0.3 is 6.09 Å². The van der Waals surface area contributed by atoms with Gasteiger partial charge in [-0.15, -0.1) is 0 Å². The van der Waals surface area contributed by atoms with Crippen molar-refractivity contribution in [2.45, 2.75) is 58.3 Å². The van der Waals surface area contributed by atoms with Crippen LogP contribution >= 0.6 is 0 Å². The molecule has 0 saturated carbocycles. The zero-order valence-corrected chi connectivity index (χ0v) is 16.7. The molecule has 0 spiro atoms. The first-order valence-electron chi connectivity index (χ1n) is 9.49. The minimum absolute atomic E-state index is 0.166. The Labute approximate surface area is 164 Å². The van der Waals surface area contributed by atoms with Crippen LogP contribution in [0.1, 0.15) is 39.3 Å². The second-order valence-electron chi connectivity index (χ2n) is 8.06. The molecule has 0 unspecified atom stereocenters. The van der Waals surface area contributed by atoms with E-state index in [0.717, 1.165) is 16.6 Å². The fourth-order valence-corrected chi connectivity index (χ4v) is 3.11. The van der Waals surface area contributed by atoms with Crippen LogP contribution in [0.5, 0.6) is 0 Å². The van der Waals surface area contributed by atoms with Crippen molar-refractivity contribution in [1.82, 2.24) is 10.3 Å². The van der Waals surface area contributed by atoms with E-state index < -0.39 is 17.8 Å². The fraction of sp³-hybridized carbons (Fsp3) is 0.476. The number of fused-ring (bicyclic) bond motifs is 1. The topological polar surface area (TPSA) is 89.6 Å². The van der Waals surface area contributed by atoms with Gasteiger partial charge in [0, 0.05) is 11.1 Å². The van der Waals surface area contributed by atoms with Crippen LogP contribution in [0.4, 0.5) is 10.5 Å². The maximum atomic E-state index is 12.6. The number of alkyl carbamates (subject to hydrolysis) is 1. The molecule has 0 bridgehead atoms. The van der Waals surface area contributed by atoms with Gasteiger partial charge in [0.05, 0.1) is 23.9 Å². The number of hydrogen-bond acceptors (Lipinski definition) is 5. The molecule has 2 heterocycles. The number of pyridine rings is 1. The largest absolute Gasteiger partial charge is 0.444 e. The number of carbonyl (C=O) groups is 2. The molecule has 3 rings (SSSR count). The smallest absolute Gasteiger partial charge is 0.407 e. The van der Waals surface area contributed by atoms with Crippen LogP contribution in [0.2, 0.25) is 0 Å². The SMILES string of the molecule is Cc1ccc2cccc(NC(=O)[C@@H]3CC[C@@H](NC(=O)OC(C)(C)C)CO3)c2n1. The molecule has 1 aromatic carbocycles. The molecule has 1 aliphatic rings. The number of aryl methyl sites for hydroxylation is 1. The summed E-state index contributed by atoms with van der Waals surface area (Å²) >= 11 is 0. The highest BCUT2D eigenvalue weighted by Gasteiger charge is 2.29. The number of hydrogen-bond donors (Lipinski definition) is 2. The summed E-state index contributed by atoms with van der Waals surface area (Å²) in [6.07, 6.45) is 0.131. The summed E-state index contributed by atoms with van der Waals surface area (Å²) in [4.78, 5) is 29.0. The van der Waals surface area contributed by atoms with Gasteiger partial charge in [0.15, 0.2) is 0 Å². The Balaban J connectivity index is 1.56. The lowest BCUT2D eigenvalue weighted by atomic mass is 10.0. The van der Waals surface area contributed by atoms with Crippen molar-refractivity contribution in [2.75, 3.05) is 11.9 Å². The third-order valence-corrected chi connectivity index (χ3v) is 4.41. The molecule has 0 aliphatic carbocycles. The Morgan fingerprint density at radius 2 is 1.96 bits per heavy atom. The average Bonchev–Trinajstić information content (AvgIpc) is 2.61. The van der Waals surface area contributed by atoms with Crippen LogP contribution in [-0.2, 0) is 14.3 Å². The summed E-state index contributed by atoms with van der Waals surface area (Å²) in [5.74, 6) is -0.202. The van der Waals surface area contributed by atoms with Crippen molar-refractivity contribution in [3.05, 3.63) is 36.0 Å². The third kappa shape index (κ3) is 5.19. The Bertz CT molecular complexity index is 868. The van der Waals surface area contributed by atoms with Crippen LogP contribution in [-0.4, -0.2) is 41.3 Å². The number of ether oxygens (including phenoxy) is 2. The van der Waals surface area contributed by atoms with Gasteiger partial charge in [-0.1, -0.05) is 18.2 Å². The van der Waals surface area contributed by atoms with Crippen LogP contribution in [0.15, 0.2) is 30.3 Å². The van der Waals surface area contributed by atoms with E-state index in [0.29, 0.717) is 18.5 Å². The molecule has 150 valence electrons. The standard InChI is InChI=1S/C21H27N3O4/c1-13-8-9-14-6-5-7-16(18(14)22-13)24-19(25)17-11-10-15(12-27-17)23-20(26)28-21(2,3)4/h5-9,15,17H,10-12H2,1-4H3,(H,23,26)(H,24,25)/t15-,17+/m1/s1. The Hall–Kier alpha value is -2.67. The lowest BCUT2D eigenvalue weighted by molar-refractivity contribution is -0.130. The molecule has 2 aromatic rings. The molecular formula is C21H27N3O4. The van der Waals surface area contributed by atoms with E-state index in [4.69, 9.17) is 9.47 Å². The van der Waals surface area contributed by atoms with Crippen molar-refractivity contribution in [3.63, 3.8) is 0 Å². The number of carbonyl (C=O) groups excluding carboxylic acids is 2. The van der Waals surface area contributed by atoms with Crippen LogP contribution in [0, 0.1) is 6.92 Å². The second kappa shape index (κ2) is 8.14. The number of nitrogens with one attached hydrogen (secondary N) is 2. The highest BCUT2D eigenvalue weighted by molar-refractivity contribution is 6.02. The van der Waals surface area contributed by atoms with Crippen molar-refractivity contribution in [3.8, 4) is 0 Å². The van der Waals surface area contributed by atoms with E-state index in [1.807, 2.05) is 58.0 Å². The molecule has 1 saturated heterocycles. The van der Waals surface area contributed by atoms with Crippen LogP contribution in [0.3, 0.4) is 0 Å². The fourth-order valence-electron chi connectivity index (χ4n) is 3.11. The van der Waals surface area contributed by atoms with Gasteiger partial charge in [-0.25, -0.2) is 4.79 Å². The molecule has 28 heavy (non-hydrogen) atoms. The summed E-state index contributed by atoms with van der Waals surface area (Å²) in [6.45, 7) is 7.63. The summed E-state index contributed by atoms with van der Waals surface area (Å²) in [6, 6.07) is 9.44. The zero-order chi connectivity index (χ0) is 20.3. The Kier molecular flexibility index (Phi) is 5.84. The van der Waals surface area contributed by atoms with Crippen LogP contribution in [0.25, 0.3) is 10.9 Å². The second-order valence-corrected chi connectivity index (χ2v) is 8.06. The van der Waals surface area contributed by atoms with Gasteiger partial charge in [0.25, 0.3) is 5.91 Å². The summed E-state index contributed by atoms with van der Waals surface area (Å²) in [5, 5.41) is 6.68. The normalized spacial score (nSPS) is 19.9. The van der Waals surface area contributed by atoms with Crippen molar-refractivity contribution >= 4 is 28.6 Å². The van der Waals surface area contributed by atoms with Gasteiger partial charge in [-0.05, 0) is 52.7 Å². The van der Waals surface area contributed by atoms with Gasteiger partial charge in [-0.2, -0.15) is 0 Å². The average molecular weight is 385 g/mol. The highest BCUT2D eigenvalue weighted by Crippen LogP contribution is 2.23. The number of anilines is 1. The van der Waals surface area contributed by atoms with Crippen molar-refractivity contribution in [2.24, 2.45) is 0 Å². The maximum absolute atomic E-state index is 12.6. The molecule has 1 aromatic heterocycles. The summed E-state index contributed by atoms with van der Waals surface area (Å²) < 4.78 is 10.9. The van der Waals surface area contributed by atoms with Gasteiger partial charge in [-0.3, -0.25) is 9.78 Å². The van der Waals surface area contributed by atoms with Crippen LogP contribution < -0.4 is 10.6 Å². The minimum Gasteiger partial charge on any atom is -0.444 e. The lowest BCUT2D eigenvalue weighted by Crippen LogP contribution is -2.47. The number of amides is 2. The number of benzene rings is 1. The number of nitrogens with zero attached hydrogens (tertiary/aromatic N) is 1. The lowest BCUT2D eigenvalue weighted by Gasteiger charge is -2.29. The monoisotopic (exact) mass is 385 g/mol. The minimum atomic E-state index is -0.559. The molecule has 2 atom stereocenters. The predicted molar refractivity (Wildman–Crippen MR) is 107 cm³/mol. The van der Waals surface area contributed by atoms with E-state index in [2.05, 4.69) is 15.6 Å². The van der Waals surface area contributed by atoms with E-state index in [-0.39, 0.29) is 18.6 Å². The van der Waals surface area contributed by atoms with Gasteiger partial charge in [0.2, 0.25) is 0 Å². The maximum Gasteiger partial charge on any atom is 0.407 e. The van der Waals surface area contributed by atoms with E-state index >= 15 is 0 Å². The first kappa shape index (κ1) is 20.1. The van der Waals surface area contributed by atoms with Crippen molar-refractivity contribution < 1.29 is 19.1 Å². The van der Waals surface area contributed by atoms with E-state index in [9.17, 15) is 9.59 Å². The molecular weight excluding hydrogens is 358 g/mol. The molecule has 7 heteroatoms. The highest BCUT2D eigenvalue weighted by atomic mass is 16.6. The first-order valence-corrected chi connectivity index (χ1v) is 9.49. The molecule has 2 N–H and O–H groups in total. The Morgan fingerprint density at radius 3 is 2.64 bits per heavy atom. The number of aromatic nitrogens is 1. The first-order chi connectivity index (χ1) is 13.2. The predicted octanol–water partition coefficient (Wildman–Crippen LogP) is 3.55. The molecule has 1 aliphatic heterocycles. The number of rotatable bonds is 3. The molecule has 2 amide bonds. The van der Waals surface area contributed by atoms with E-state index in [1.54, 1.807) is 0 Å². The zero-order valence-electron chi connectivity index (χ0n) is 16.7. The summed E-state index contributed by atoms with van der Waals surface area (Å²) in [7, 11) is 0. The Morgan fingerprint density at radius 1 is 1.18 bits per heavy atom. The molecule has 1 fully saturated rings. The molecule has 7 nitrogen and oxygen atoms in total. The van der Waals surface area contributed by atoms with E-state index in [1.165, 1.54) is 0 Å². The molecule has 0 radical (unpaired) electrons. The van der Waals surface area contributed by atoms with Crippen molar-refractivity contribution in [1.29, 1.82) is 0 Å². The quantitative estimate of drug-likeness (QED) is 0.843. The summed E-state index contributed by atoms with van der Waals surface area (Å²) in [5.41, 5.74) is 1.77.